The fourth-order valence-electron chi connectivity index (χ4n) is 1.41. The SMILES string of the molecule is COC(=O)c1cccc(C(=O)CCBr)c1C#N. The molecule has 0 N–H and O–H groups in total. The normalized spacial score (nSPS) is 9.47. The fourth-order valence-corrected chi connectivity index (χ4v) is 1.77. The lowest BCUT2D eigenvalue weighted by Gasteiger charge is -2.06. The number of nitrogens with zero attached hydrogens (tertiary/aromatic N) is 1. The van der Waals surface area contributed by atoms with Gasteiger partial charge in [0.15, 0.2) is 5.78 Å². The van der Waals surface area contributed by atoms with E-state index in [2.05, 4.69) is 20.7 Å². The summed E-state index contributed by atoms with van der Waals surface area (Å²) in [4.78, 5) is 23.2. The van der Waals surface area contributed by atoms with Crippen LogP contribution in [0.25, 0.3) is 0 Å². The third-order valence-electron chi connectivity index (χ3n) is 2.20. The van der Waals surface area contributed by atoms with Crippen molar-refractivity contribution < 1.29 is 14.3 Å². The van der Waals surface area contributed by atoms with Crippen molar-refractivity contribution in [2.75, 3.05) is 12.4 Å². The predicted molar refractivity (Wildman–Crippen MR) is 65.2 cm³/mol. The van der Waals surface area contributed by atoms with E-state index in [1.807, 2.05) is 6.07 Å². The third-order valence-corrected chi connectivity index (χ3v) is 2.60. The zero-order chi connectivity index (χ0) is 12.8. The standard InChI is InChI=1S/C12H10BrNO3/c1-17-12(16)9-4-2-3-8(10(9)7-14)11(15)5-6-13/h2-4H,5-6H2,1H3. The van der Waals surface area contributed by atoms with E-state index in [4.69, 9.17) is 5.26 Å². The van der Waals surface area contributed by atoms with Gasteiger partial charge in [-0.05, 0) is 6.07 Å². The lowest BCUT2D eigenvalue weighted by Crippen LogP contribution is -2.10. The lowest BCUT2D eigenvalue weighted by molar-refractivity contribution is 0.0600. The molecular weight excluding hydrogens is 286 g/mol. The number of alkyl halides is 1. The second-order valence-corrected chi connectivity index (χ2v) is 3.99. The molecule has 1 rings (SSSR count). The maximum atomic E-state index is 11.8. The number of Topliss-reactive ketones (excluding diaryl/α,β-unsaturated/α-hetero) is 1. The van der Waals surface area contributed by atoms with Crippen LogP contribution in [0.5, 0.6) is 0 Å². The molecule has 0 unspecified atom stereocenters. The molecule has 0 saturated carbocycles. The largest absolute Gasteiger partial charge is 0.465 e. The molecule has 0 spiro atoms. The summed E-state index contributed by atoms with van der Waals surface area (Å²) in [6.45, 7) is 0. The number of methoxy groups -OCH3 is 1. The van der Waals surface area contributed by atoms with Crippen LogP contribution < -0.4 is 0 Å². The van der Waals surface area contributed by atoms with E-state index < -0.39 is 5.97 Å². The third kappa shape index (κ3) is 2.92. The van der Waals surface area contributed by atoms with Gasteiger partial charge in [-0.3, -0.25) is 4.79 Å². The quantitative estimate of drug-likeness (QED) is 0.486. The molecule has 0 aromatic heterocycles. The maximum Gasteiger partial charge on any atom is 0.339 e. The van der Waals surface area contributed by atoms with Crippen molar-refractivity contribution in [2.24, 2.45) is 0 Å². The van der Waals surface area contributed by atoms with Crippen molar-refractivity contribution >= 4 is 27.7 Å². The number of rotatable bonds is 4. The summed E-state index contributed by atoms with van der Waals surface area (Å²) >= 11 is 3.16. The Morgan fingerprint density at radius 2 is 2.06 bits per heavy atom. The summed E-state index contributed by atoms with van der Waals surface area (Å²) in [5.74, 6) is -0.792. The molecular formula is C12H10BrNO3. The van der Waals surface area contributed by atoms with Crippen molar-refractivity contribution in [1.82, 2.24) is 0 Å². The second kappa shape index (κ2) is 6.16. The number of halogens is 1. The number of ketones is 1. The smallest absolute Gasteiger partial charge is 0.339 e. The monoisotopic (exact) mass is 295 g/mol. The molecule has 0 radical (unpaired) electrons. The minimum absolute atomic E-state index is 0.0744. The summed E-state index contributed by atoms with van der Waals surface area (Å²) in [5, 5.41) is 9.55. The number of carbonyl (C=O) groups is 2. The molecule has 88 valence electrons. The maximum absolute atomic E-state index is 11.8. The van der Waals surface area contributed by atoms with E-state index in [9.17, 15) is 9.59 Å². The first-order valence-electron chi connectivity index (χ1n) is 4.86. The molecule has 0 aliphatic carbocycles. The van der Waals surface area contributed by atoms with Gasteiger partial charge in [-0.25, -0.2) is 4.79 Å². The highest BCUT2D eigenvalue weighted by atomic mass is 79.9. The summed E-state index contributed by atoms with van der Waals surface area (Å²) < 4.78 is 4.56. The molecule has 4 nitrogen and oxygen atoms in total. The van der Waals surface area contributed by atoms with Gasteiger partial charge in [0.25, 0.3) is 0 Å². The van der Waals surface area contributed by atoms with Crippen LogP contribution in [-0.2, 0) is 4.74 Å². The van der Waals surface area contributed by atoms with Gasteiger partial charge in [-0.2, -0.15) is 5.26 Å². The zero-order valence-electron chi connectivity index (χ0n) is 9.20. The van der Waals surface area contributed by atoms with Crippen LogP contribution in [0.15, 0.2) is 18.2 Å². The van der Waals surface area contributed by atoms with E-state index in [0.717, 1.165) is 0 Å². The summed E-state index contributed by atoms with van der Waals surface area (Å²) in [5.41, 5.74) is 0.454. The van der Waals surface area contributed by atoms with Gasteiger partial charge in [0.1, 0.15) is 6.07 Å². The Morgan fingerprint density at radius 1 is 1.41 bits per heavy atom. The number of carbonyl (C=O) groups excluding carboxylic acids is 2. The van der Waals surface area contributed by atoms with Gasteiger partial charge < -0.3 is 4.74 Å². The van der Waals surface area contributed by atoms with Crippen LogP contribution in [0.2, 0.25) is 0 Å². The van der Waals surface area contributed by atoms with Crippen LogP contribution in [0.4, 0.5) is 0 Å². The molecule has 5 heteroatoms. The van der Waals surface area contributed by atoms with Crippen LogP contribution in [0.3, 0.4) is 0 Å². The van der Waals surface area contributed by atoms with Gasteiger partial charge >= 0.3 is 5.97 Å². The van der Waals surface area contributed by atoms with E-state index in [0.29, 0.717) is 5.33 Å². The van der Waals surface area contributed by atoms with E-state index in [-0.39, 0.29) is 28.9 Å². The number of esters is 1. The van der Waals surface area contributed by atoms with E-state index in [1.165, 1.54) is 19.2 Å². The second-order valence-electron chi connectivity index (χ2n) is 3.19. The molecule has 17 heavy (non-hydrogen) atoms. The lowest BCUT2D eigenvalue weighted by atomic mass is 9.98. The number of hydrogen-bond acceptors (Lipinski definition) is 4. The fraction of sp³-hybridized carbons (Fsp3) is 0.250. The minimum Gasteiger partial charge on any atom is -0.465 e. The van der Waals surface area contributed by atoms with Crippen molar-refractivity contribution in [3.05, 3.63) is 34.9 Å². The predicted octanol–water partition coefficient (Wildman–Crippen LogP) is 2.31. The Morgan fingerprint density at radius 3 is 2.59 bits per heavy atom. The van der Waals surface area contributed by atoms with Crippen LogP contribution in [-0.4, -0.2) is 24.2 Å². The highest BCUT2D eigenvalue weighted by Gasteiger charge is 2.18. The molecule has 0 saturated heterocycles. The number of nitriles is 1. The van der Waals surface area contributed by atoms with Gasteiger partial charge in [0.05, 0.1) is 18.2 Å². The van der Waals surface area contributed by atoms with Crippen molar-refractivity contribution in [1.29, 1.82) is 5.26 Å². The van der Waals surface area contributed by atoms with Gasteiger partial charge in [-0.1, -0.05) is 28.1 Å². The number of ether oxygens (including phenoxy) is 1. The molecule has 1 aromatic carbocycles. The topological polar surface area (TPSA) is 67.2 Å². The summed E-state index contributed by atoms with van der Waals surface area (Å²) in [6, 6.07) is 6.45. The highest BCUT2D eigenvalue weighted by Crippen LogP contribution is 2.17. The first-order chi connectivity index (χ1) is 8.15. The molecule has 0 fully saturated rings. The van der Waals surface area contributed by atoms with E-state index in [1.54, 1.807) is 6.07 Å². The minimum atomic E-state index is -0.616. The molecule has 0 heterocycles. The Kier molecular flexibility index (Phi) is 4.85. The zero-order valence-corrected chi connectivity index (χ0v) is 10.8. The average Bonchev–Trinajstić information content (AvgIpc) is 2.37. The highest BCUT2D eigenvalue weighted by molar-refractivity contribution is 9.09. The van der Waals surface area contributed by atoms with Crippen molar-refractivity contribution in [2.45, 2.75) is 6.42 Å². The Bertz CT molecular complexity index is 491. The molecule has 1 aromatic rings. The van der Waals surface area contributed by atoms with Crippen LogP contribution >= 0.6 is 15.9 Å². The van der Waals surface area contributed by atoms with Gasteiger partial charge in [0, 0.05) is 17.3 Å². The van der Waals surface area contributed by atoms with Crippen LogP contribution in [0, 0.1) is 11.3 Å². The average molecular weight is 296 g/mol. The first-order valence-corrected chi connectivity index (χ1v) is 5.98. The van der Waals surface area contributed by atoms with Crippen LogP contribution in [0.1, 0.15) is 32.7 Å². The van der Waals surface area contributed by atoms with E-state index >= 15 is 0 Å². The Hall–Kier alpha value is -1.67. The Balaban J connectivity index is 3.29. The molecule has 0 amide bonds. The number of benzene rings is 1. The molecule has 0 atom stereocenters. The van der Waals surface area contributed by atoms with Gasteiger partial charge in [-0.15, -0.1) is 0 Å². The molecule has 0 bridgehead atoms. The van der Waals surface area contributed by atoms with Crippen molar-refractivity contribution in [3.8, 4) is 6.07 Å². The van der Waals surface area contributed by atoms with Crippen molar-refractivity contribution in [3.63, 3.8) is 0 Å². The molecule has 0 aliphatic rings. The summed E-state index contributed by atoms with van der Waals surface area (Å²) in [7, 11) is 1.23. The van der Waals surface area contributed by atoms with Gasteiger partial charge in [0.2, 0.25) is 0 Å². The Labute approximate surface area is 107 Å². The summed E-state index contributed by atoms with van der Waals surface area (Å²) in [6.07, 6.45) is 0.277. The molecule has 0 aliphatic heterocycles. The number of hydrogen-bond donors (Lipinski definition) is 0. The first kappa shape index (κ1) is 13.4.